The van der Waals surface area contributed by atoms with Gasteiger partial charge >= 0.3 is 12.1 Å². The first-order valence-corrected chi connectivity index (χ1v) is 8.75. The molecule has 1 aromatic carbocycles. The lowest BCUT2D eigenvalue weighted by atomic mass is 9.97. The average Bonchev–Trinajstić information content (AvgIpc) is 3.03. The smallest absolute Gasteiger partial charge is 0.419 e. The Balaban J connectivity index is 2.52. The second-order valence-corrected chi connectivity index (χ2v) is 7.37. The van der Waals surface area contributed by atoms with E-state index in [-0.39, 0.29) is 12.8 Å². The van der Waals surface area contributed by atoms with Crippen molar-refractivity contribution >= 4 is 23.0 Å². The van der Waals surface area contributed by atoms with Gasteiger partial charge in [-0.3, -0.25) is 9.36 Å². The first kappa shape index (κ1) is 20.8. The number of nitrogens with zero attached hydrogens (tertiary/aromatic N) is 1. The van der Waals surface area contributed by atoms with Crippen LogP contribution in [0.4, 0.5) is 4.79 Å². The minimum Gasteiger partial charge on any atom is -0.496 e. The number of hydrogen-bond donors (Lipinski definition) is 1. The van der Waals surface area contributed by atoms with Crippen LogP contribution in [-0.4, -0.2) is 41.6 Å². The standard InChI is InChI=1S/C20H27NO6/c1-12-11-15(25-5)17(14(22)7-8-16(23)26-6)13-9-10-21(18(12)13)19(24)27-20(2,3)4/h9-11,14,22H,7-8H2,1-6H3. The number of carbonyl (C=O) groups excluding carboxylic acids is 2. The van der Waals surface area contributed by atoms with Crippen LogP contribution in [0.15, 0.2) is 18.3 Å². The fraction of sp³-hybridized carbons (Fsp3) is 0.500. The minimum absolute atomic E-state index is 0.0724. The van der Waals surface area contributed by atoms with Crippen molar-refractivity contribution in [1.82, 2.24) is 4.57 Å². The van der Waals surface area contributed by atoms with Crippen molar-refractivity contribution in [3.05, 3.63) is 29.5 Å². The highest BCUT2D eigenvalue weighted by molar-refractivity contribution is 5.95. The summed E-state index contributed by atoms with van der Waals surface area (Å²) in [6.45, 7) is 7.26. The maximum absolute atomic E-state index is 12.6. The molecule has 0 aliphatic heterocycles. The number of benzene rings is 1. The first-order valence-electron chi connectivity index (χ1n) is 8.75. The molecule has 0 fully saturated rings. The van der Waals surface area contributed by atoms with Crippen molar-refractivity contribution in [2.45, 2.75) is 52.2 Å². The maximum atomic E-state index is 12.6. The van der Waals surface area contributed by atoms with E-state index < -0.39 is 23.8 Å². The number of aliphatic hydroxyl groups is 1. The molecule has 0 aliphatic rings. The highest BCUT2D eigenvalue weighted by Crippen LogP contribution is 2.38. The van der Waals surface area contributed by atoms with E-state index in [1.54, 1.807) is 39.1 Å². The van der Waals surface area contributed by atoms with E-state index in [0.717, 1.165) is 5.56 Å². The summed E-state index contributed by atoms with van der Waals surface area (Å²) in [7, 11) is 2.82. The Morgan fingerprint density at radius 1 is 1.26 bits per heavy atom. The quantitative estimate of drug-likeness (QED) is 0.799. The molecule has 2 aromatic rings. The molecule has 2 rings (SSSR count). The SMILES string of the molecule is COC(=O)CCC(O)c1c(OC)cc(C)c2c1ccn2C(=O)OC(C)(C)C. The average molecular weight is 377 g/mol. The van der Waals surface area contributed by atoms with Gasteiger partial charge < -0.3 is 19.3 Å². The van der Waals surface area contributed by atoms with Crippen LogP contribution in [0.1, 0.15) is 50.8 Å². The lowest BCUT2D eigenvalue weighted by Gasteiger charge is -2.21. The summed E-state index contributed by atoms with van der Waals surface area (Å²) in [6.07, 6.45) is 0.418. The number of carbonyl (C=O) groups is 2. The zero-order chi connectivity index (χ0) is 20.4. The number of hydrogen-bond acceptors (Lipinski definition) is 6. The second kappa shape index (κ2) is 8.00. The van der Waals surface area contributed by atoms with Crippen LogP contribution < -0.4 is 4.74 Å². The van der Waals surface area contributed by atoms with E-state index in [2.05, 4.69) is 4.74 Å². The molecule has 1 N–H and O–H groups in total. The van der Waals surface area contributed by atoms with Crippen LogP contribution in [0.2, 0.25) is 0 Å². The van der Waals surface area contributed by atoms with E-state index >= 15 is 0 Å². The largest absolute Gasteiger partial charge is 0.496 e. The van der Waals surface area contributed by atoms with Gasteiger partial charge in [0.15, 0.2) is 0 Å². The molecule has 7 nitrogen and oxygen atoms in total. The first-order chi connectivity index (χ1) is 12.6. The summed E-state index contributed by atoms with van der Waals surface area (Å²) in [5.74, 6) is 0.0991. The molecule has 0 spiro atoms. The highest BCUT2D eigenvalue weighted by Gasteiger charge is 2.25. The predicted molar refractivity (Wildman–Crippen MR) is 101 cm³/mol. The fourth-order valence-corrected chi connectivity index (χ4v) is 3.00. The van der Waals surface area contributed by atoms with Crippen molar-refractivity contribution in [1.29, 1.82) is 0 Å². The van der Waals surface area contributed by atoms with Crippen molar-refractivity contribution in [3.8, 4) is 5.75 Å². The Bertz CT molecular complexity index is 846. The Hall–Kier alpha value is -2.54. The normalized spacial score (nSPS) is 12.7. The molecule has 7 heteroatoms. The Labute approximate surface area is 158 Å². The summed E-state index contributed by atoms with van der Waals surface area (Å²) in [4.78, 5) is 24.0. The van der Waals surface area contributed by atoms with Crippen LogP contribution in [0, 0.1) is 6.92 Å². The number of ether oxygens (including phenoxy) is 3. The number of esters is 1. The van der Waals surface area contributed by atoms with Crippen molar-refractivity contribution in [3.63, 3.8) is 0 Å². The van der Waals surface area contributed by atoms with Crippen LogP contribution in [0.3, 0.4) is 0 Å². The lowest BCUT2D eigenvalue weighted by Crippen LogP contribution is -2.26. The summed E-state index contributed by atoms with van der Waals surface area (Å²) >= 11 is 0. The molecule has 1 atom stereocenters. The molecule has 1 aromatic heterocycles. The molecular formula is C20H27NO6. The fourth-order valence-electron chi connectivity index (χ4n) is 3.00. The van der Waals surface area contributed by atoms with Crippen molar-refractivity contribution in [2.24, 2.45) is 0 Å². The Morgan fingerprint density at radius 2 is 1.93 bits per heavy atom. The van der Waals surface area contributed by atoms with Crippen LogP contribution >= 0.6 is 0 Å². The van der Waals surface area contributed by atoms with Gasteiger partial charge in [-0.05, 0) is 51.8 Å². The molecule has 0 radical (unpaired) electrons. The van der Waals surface area contributed by atoms with Gasteiger partial charge in [-0.25, -0.2) is 4.79 Å². The second-order valence-electron chi connectivity index (χ2n) is 7.37. The van der Waals surface area contributed by atoms with E-state index in [0.29, 0.717) is 22.2 Å². The minimum atomic E-state index is -0.948. The van der Waals surface area contributed by atoms with Gasteiger partial charge in [-0.1, -0.05) is 0 Å². The van der Waals surface area contributed by atoms with Crippen LogP contribution in [0.5, 0.6) is 5.75 Å². The Morgan fingerprint density at radius 3 is 2.48 bits per heavy atom. The van der Waals surface area contributed by atoms with E-state index in [9.17, 15) is 14.7 Å². The van der Waals surface area contributed by atoms with E-state index in [1.807, 2.05) is 6.92 Å². The number of fused-ring (bicyclic) bond motifs is 1. The molecule has 148 valence electrons. The molecule has 0 aliphatic carbocycles. The molecule has 0 amide bonds. The molecule has 0 saturated heterocycles. The third-order valence-corrected chi connectivity index (χ3v) is 4.16. The molecular weight excluding hydrogens is 350 g/mol. The number of rotatable bonds is 5. The van der Waals surface area contributed by atoms with Crippen LogP contribution in [0.25, 0.3) is 10.9 Å². The number of methoxy groups -OCH3 is 2. The number of aromatic nitrogens is 1. The van der Waals surface area contributed by atoms with Gasteiger partial charge in [0, 0.05) is 23.6 Å². The zero-order valence-electron chi connectivity index (χ0n) is 16.7. The molecule has 1 heterocycles. The zero-order valence-corrected chi connectivity index (χ0v) is 16.7. The molecule has 0 saturated carbocycles. The van der Waals surface area contributed by atoms with E-state index in [4.69, 9.17) is 9.47 Å². The van der Waals surface area contributed by atoms with Gasteiger partial charge in [0.05, 0.1) is 25.8 Å². The summed E-state index contributed by atoms with van der Waals surface area (Å²) in [6, 6.07) is 3.51. The Kier molecular flexibility index (Phi) is 6.15. The summed E-state index contributed by atoms with van der Waals surface area (Å²) in [5, 5.41) is 11.4. The molecule has 1 unspecified atom stereocenters. The predicted octanol–water partition coefficient (Wildman–Crippen LogP) is 3.73. The van der Waals surface area contributed by atoms with Gasteiger partial charge in [-0.15, -0.1) is 0 Å². The van der Waals surface area contributed by atoms with E-state index in [1.165, 1.54) is 18.8 Å². The maximum Gasteiger partial charge on any atom is 0.419 e. The van der Waals surface area contributed by atoms with Gasteiger partial charge in [0.2, 0.25) is 0 Å². The topological polar surface area (TPSA) is 87.0 Å². The molecule has 0 bridgehead atoms. The van der Waals surface area contributed by atoms with Gasteiger partial charge in [0.25, 0.3) is 0 Å². The lowest BCUT2D eigenvalue weighted by molar-refractivity contribution is -0.141. The third-order valence-electron chi connectivity index (χ3n) is 4.16. The number of aliphatic hydroxyl groups excluding tert-OH is 1. The summed E-state index contributed by atoms with van der Waals surface area (Å²) in [5.41, 5.74) is 1.35. The van der Waals surface area contributed by atoms with Gasteiger partial charge in [-0.2, -0.15) is 0 Å². The van der Waals surface area contributed by atoms with Crippen molar-refractivity contribution < 1.29 is 28.9 Å². The number of aryl methyl sites for hydroxylation is 1. The van der Waals surface area contributed by atoms with Crippen molar-refractivity contribution in [2.75, 3.05) is 14.2 Å². The third kappa shape index (κ3) is 4.60. The monoisotopic (exact) mass is 377 g/mol. The van der Waals surface area contributed by atoms with Crippen LogP contribution in [-0.2, 0) is 14.3 Å². The summed E-state index contributed by atoms with van der Waals surface area (Å²) < 4.78 is 17.0. The van der Waals surface area contributed by atoms with Gasteiger partial charge in [0.1, 0.15) is 11.4 Å². The highest BCUT2D eigenvalue weighted by atomic mass is 16.6. The molecule has 27 heavy (non-hydrogen) atoms.